The largest absolute Gasteiger partial charge is 0.477 e. The molecule has 0 spiro atoms. The number of β-lactam (4-membered cyclic amide) rings is 1. The lowest BCUT2D eigenvalue weighted by Crippen LogP contribution is -2.70. The molecule has 2 aliphatic rings. The van der Waals surface area contributed by atoms with Gasteiger partial charge in [-0.15, -0.1) is 11.8 Å². The van der Waals surface area contributed by atoms with Crippen molar-refractivity contribution in [3.8, 4) is 0 Å². The van der Waals surface area contributed by atoms with Crippen molar-refractivity contribution in [2.45, 2.75) is 25.3 Å². The quantitative estimate of drug-likeness (QED) is 0.514. The van der Waals surface area contributed by atoms with E-state index in [1.807, 2.05) is 0 Å². The highest BCUT2D eigenvalue weighted by Gasteiger charge is 2.53. The van der Waals surface area contributed by atoms with Crippen LogP contribution in [-0.4, -0.2) is 53.4 Å². The average molecular weight is 267 g/mol. The summed E-state index contributed by atoms with van der Waals surface area (Å²) in [5.74, 6) is -1.17. The molecular weight excluding hydrogens is 255 g/mol. The zero-order chi connectivity index (χ0) is 12.7. The summed E-state index contributed by atoms with van der Waals surface area (Å²) in [5, 5.41) is 11.3. The van der Waals surface area contributed by atoms with Gasteiger partial charge in [0.25, 0.3) is 5.91 Å². The van der Waals surface area contributed by atoms with Gasteiger partial charge in [-0.1, -0.05) is 0 Å². The minimum absolute atomic E-state index is 0. The van der Waals surface area contributed by atoms with Gasteiger partial charge in [0.15, 0.2) is 0 Å². The number of fused-ring (bicyclic) bond motifs is 1. The highest BCUT2D eigenvalue weighted by atomic mass is 32.2. The van der Waals surface area contributed by atoms with Gasteiger partial charge in [0.05, 0.1) is 0 Å². The first-order chi connectivity index (χ1) is 7.93. The maximum absolute atomic E-state index is 11.8. The zero-order valence-corrected chi connectivity index (χ0v) is 10.8. The van der Waals surface area contributed by atoms with Gasteiger partial charge in [0.1, 0.15) is 17.1 Å². The van der Waals surface area contributed by atoms with Crippen LogP contribution in [0.4, 0.5) is 0 Å². The SMILES string of the molecule is CC(=O)N[C@@H]1C(=O)N2C(C(=O)O)=C(C)CS[C@H]12.[B]. The molecule has 18 heavy (non-hydrogen) atoms. The molecule has 1 fully saturated rings. The fraction of sp³-hybridized carbons (Fsp3) is 0.500. The van der Waals surface area contributed by atoms with Crippen LogP contribution in [0, 0.1) is 0 Å². The number of carboxylic acids is 1. The van der Waals surface area contributed by atoms with Crippen molar-refractivity contribution in [3.63, 3.8) is 0 Å². The van der Waals surface area contributed by atoms with Crippen molar-refractivity contribution in [1.29, 1.82) is 0 Å². The van der Waals surface area contributed by atoms with Gasteiger partial charge in [-0.25, -0.2) is 4.79 Å². The molecule has 2 N–H and O–H groups in total. The first-order valence-corrected chi connectivity index (χ1v) is 6.13. The summed E-state index contributed by atoms with van der Waals surface area (Å²) < 4.78 is 0. The third-order valence-corrected chi connectivity index (χ3v) is 4.14. The van der Waals surface area contributed by atoms with Gasteiger partial charge < -0.3 is 10.4 Å². The number of nitrogens with one attached hydrogen (secondary N) is 1. The Morgan fingerprint density at radius 3 is 2.61 bits per heavy atom. The lowest BCUT2D eigenvalue weighted by Gasteiger charge is -2.49. The van der Waals surface area contributed by atoms with E-state index >= 15 is 0 Å². The van der Waals surface area contributed by atoms with E-state index in [2.05, 4.69) is 5.32 Å². The van der Waals surface area contributed by atoms with Gasteiger partial charge in [-0.3, -0.25) is 14.5 Å². The monoisotopic (exact) mass is 267 g/mol. The fourth-order valence-corrected chi connectivity index (χ4v) is 3.29. The van der Waals surface area contributed by atoms with E-state index in [1.165, 1.54) is 23.6 Å². The lowest BCUT2D eigenvalue weighted by molar-refractivity contribution is -0.150. The van der Waals surface area contributed by atoms with Crippen LogP contribution in [0.15, 0.2) is 11.3 Å². The van der Waals surface area contributed by atoms with E-state index in [4.69, 9.17) is 5.11 Å². The van der Waals surface area contributed by atoms with Crippen molar-refractivity contribution >= 4 is 38.0 Å². The normalized spacial score (nSPS) is 25.9. The van der Waals surface area contributed by atoms with Gasteiger partial charge in [-0.05, 0) is 12.5 Å². The number of nitrogens with zero attached hydrogens (tertiary/aromatic N) is 1. The molecular formula is C10H12BN2O4S. The van der Waals surface area contributed by atoms with Crippen LogP contribution >= 0.6 is 11.8 Å². The van der Waals surface area contributed by atoms with E-state index in [0.717, 1.165) is 0 Å². The molecule has 1 saturated heterocycles. The molecule has 2 heterocycles. The summed E-state index contributed by atoms with van der Waals surface area (Å²) in [7, 11) is 0. The maximum atomic E-state index is 11.8. The van der Waals surface area contributed by atoms with Gasteiger partial charge >= 0.3 is 5.97 Å². The lowest BCUT2D eigenvalue weighted by atomic mass is 10.0. The minimum atomic E-state index is -1.09. The number of hydrogen-bond donors (Lipinski definition) is 2. The molecule has 0 aromatic rings. The highest BCUT2D eigenvalue weighted by Crippen LogP contribution is 2.39. The Balaban J connectivity index is 0.00000162. The summed E-state index contributed by atoms with van der Waals surface area (Å²) in [6.45, 7) is 3.04. The number of hydrogen-bond acceptors (Lipinski definition) is 4. The van der Waals surface area contributed by atoms with Gasteiger partial charge in [0, 0.05) is 21.1 Å². The van der Waals surface area contributed by atoms with Crippen molar-refractivity contribution < 1.29 is 19.5 Å². The Morgan fingerprint density at radius 2 is 2.11 bits per heavy atom. The molecule has 0 bridgehead atoms. The van der Waals surface area contributed by atoms with E-state index in [0.29, 0.717) is 11.3 Å². The second kappa shape index (κ2) is 5.05. The van der Waals surface area contributed by atoms with Gasteiger partial charge in [0.2, 0.25) is 5.91 Å². The average Bonchev–Trinajstić information content (AvgIpc) is 2.24. The van der Waals surface area contributed by atoms with E-state index in [9.17, 15) is 14.4 Å². The summed E-state index contributed by atoms with van der Waals surface area (Å²) in [4.78, 5) is 35.1. The first-order valence-electron chi connectivity index (χ1n) is 5.08. The topological polar surface area (TPSA) is 86.7 Å². The Morgan fingerprint density at radius 1 is 1.50 bits per heavy atom. The van der Waals surface area contributed by atoms with Crippen molar-refractivity contribution in [2.75, 3.05) is 5.75 Å². The Kier molecular flexibility index (Phi) is 4.10. The number of carbonyl (C=O) groups is 3. The summed E-state index contributed by atoms with van der Waals surface area (Å²) in [6, 6.07) is -0.597. The van der Waals surface area contributed by atoms with E-state index < -0.39 is 12.0 Å². The zero-order valence-electron chi connectivity index (χ0n) is 9.97. The minimum Gasteiger partial charge on any atom is -0.477 e. The third kappa shape index (κ3) is 2.12. The van der Waals surface area contributed by atoms with Crippen LogP contribution in [0.25, 0.3) is 0 Å². The molecule has 2 atom stereocenters. The van der Waals surface area contributed by atoms with Crippen LogP contribution in [-0.2, 0) is 14.4 Å². The predicted octanol–water partition coefficient (Wildman–Crippen LogP) is -0.616. The molecule has 0 saturated carbocycles. The van der Waals surface area contributed by atoms with E-state index in [-0.39, 0.29) is 31.3 Å². The second-order valence-corrected chi connectivity index (χ2v) is 5.13. The first kappa shape index (κ1) is 14.6. The maximum Gasteiger partial charge on any atom is 0.352 e. The highest BCUT2D eigenvalue weighted by molar-refractivity contribution is 8.00. The number of aliphatic carboxylic acids is 1. The van der Waals surface area contributed by atoms with Crippen LogP contribution in [0.3, 0.4) is 0 Å². The van der Waals surface area contributed by atoms with Crippen molar-refractivity contribution in [2.24, 2.45) is 0 Å². The standard InChI is InChI=1S/C10H12N2O4S.B/c1-4-3-17-9-6(11-5(2)13)8(14)12(9)7(4)10(15)16;/h6,9H,3H2,1-2H3,(H,11,13)(H,15,16);/t6-,9-;/m1./s1. The van der Waals surface area contributed by atoms with Crippen LogP contribution in [0.2, 0.25) is 0 Å². The summed E-state index contributed by atoms with van der Waals surface area (Å²) in [6.07, 6.45) is 0. The van der Waals surface area contributed by atoms with Crippen LogP contribution < -0.4 is 5.32 Å². The molecule has 3 radical (unpaired) electrons. The third-order valence-electron chi connectivity index (χ3n) is 2.72. The molecule has 8 heteroatoms. The van der Waals surface area contributed by atoms with Crippen molar-refractivity contribution in [3.05, 3.63) is 11.3 Å². The molecule has 2 aliphatic heterocycles. The smallest absolute Gasteiger partial charge is 0.352 e. The Labute approximate surface area is 110 Å². The summed E-state index contributed by atoms with van der Waals surface area (Å²) in [5.41, 5.74) is 0.730. The molecule has 2 amide bonds. The number of carbonyl (C=O) groups excluding carboxylic acids is 2. The van der Waals surface area contributed by atoms with Crippen molar-refractivity contribution in [1.82, 2.24) is 10.2 Å². The number of rotatable bonds is 2. The molecule has 0 aliphatic carbocycles. The fourth-order valence-electron chi connectivity index (χ4n) is 1.99. The van der Waals surface area contributed by atoms with Gasteiger partial charge in [-0.2, -0.15) is 0 Å². The summed E-state index contributed by atoms with van der Waals surface area (Å²) >= 11 is 1.47. The molecule has 0 aromatic heterocycles. The number of amides is 2. The van der Waals surface area contributed by atoms with Crippen LogP contribution in [0.5, 0.6) is 0 Å². The molecule has 6 nitrogen and oxygen atoms in total. The van der Waals surface area contributed by atoms with Crippen LogP contribution in [0.1, 0.15) is 13.8 Å². The predicted molar refractivity (Wildman–Crippen MR) is 66.8 cm³/mol. The molecule has 95 valence electrons. The molecule has 0 unspecified atom stereocenters. The Hall–Kier alpha value is -1.44. The van der Waals surface area contributed by atoms with E-state index in [1.54, 1.807) is 6.92 Å². The number of thioether (sulfide) groups is 1. The second-order valence-electron chi connectivity index (χ2n) is 4.02. The Bertz CT molecular complexity index is 451. The molecule has 0 aromatic carbocycles. The molecule has 2 rings (SSSR count). The number of carboxylic acid groups (broad SMARTS) is 1.